The van der Waals surface area contributed by atoms with Crippen molar-refractivity contribution in [3.63, 3.8) is 0 Å². The van der Waals surface area contributed by atoms with Crippen molar-refractivity contribution < 1.29 is 14.0 Å². The highest BCUT2D eigenvalue weighted by atomic mass is 32.1. The van der Waals surface area contributed by atoms with E-state index in [0.29, 0.717) is 0 Å². The number of morpholine rings is 1. The summed E-state index contributed by atoms with van der Waals surface area (Å²) in [5, 5.41) is 4.56. The van der Waals surface area contributed by atoms with Gasteiger partial charge in [0.25, 0.3) is 0 Å². The fourth-order valence-electron chi connectivity index (χ4n) is 4.13. The first kappa shape index (κ1) is 18.0. The first-order valence-electron chi connectivity index (χ1n) is 9.93. The van der Waals surface area contributed by atoms with E-state index in [1.54, 1.807) is 23.5 Å². The minimum absolute atomic E-state index is 0.244. The number of hydrogen-bond donors (Lipinski definition) is 2. The van der Waals surface area contributed by atoms with Gasteiger partial charge in [0.1, 0.15) is 36.1 Å². The van der Waals surface area contributed by atoms with Gasteiger partial charge in [-0.2, -0.15) is 0 Å². The molecule has 1 saturated heterocycles. The van der Waals surface area contributed by atoms with Crippen LogP contribution < -0.4 is 10.2 Å². The van der Waals surface area contributed by atoms with Crippen molar-refractivity contribution in [1.82, 2.24) is 9.97 Å². The van der Waals surface area contributed by atoms with Crippen LogP contribution in [0, 0.1) is 12.7 Å². The Bertz CT molecular complexity index is 1030. The van der Waals surface area contributed by atoms with Crippen molar-refractivity contribution in [2.45, 2.75) is 32.7 Å². The summed E-state index contributed by atoms with van der Waals surface area (Å²) in [6, 6.07) is 4.83. The third-order valence-corrected chi connectivity index (χ3v) is 6.86. The average Bonchev–Trinajstić information content (AvgIpc) is 3.26. The summed E-state index contributed by atoms with van der Waals surface area (Å²) >= 11 is 1.80. The highest BCUT2D eigenvalue weighted by Gasteiger charge is 2.24. The van der Waals surface area contributed by atoms with Crippen molar-refractivity contribution >= 4 is 33.1 Å². The first-order chi connectivity index (χ1) is 13.7. The van der Waals surface area contributed by atoms with Gasteiger partial charge in [0.15, 0.2) is 5.82 Å². The third kappa shape index (κ3) is 3.38. The topological polar surface area (TPSA) is 51.5 Å². The van der Waals surface area contributed by atoms with Gasteiger partial charge in [0.05, 0.1) is 18.6 Å². The lowest BCUT2D eigenvalue weighted by molar-refractivity contribution is -0.922. The van der Waals surface area contributed by atoms with Crippen LogP contribution in [-0.4, -0.2) is 36.3 Å². The lowest BCUT2D eigenvalue weighted by Crippen LogP contribution is -3.12. The highest BCUT2D eigenvalue weighted by molar-refractivity contribution is 7.19. The summed E-state index contributed by atoms with van der Waals surface area (Å²) in [5.74, 6) is 1.42. The van der Waals surface area contributed by atoms with Gasteiger partial charge in [-0.3, -0.25) is 0 Å². The quantitative estimate of drug-likeness (QED) is 0.708. The van der Waals surface area contributed by atoms with Crippen molar-refractivity contribution in [2.75, 3.05) is 31.6 Å². The molecule has 0 amide bonds. The van der Waals surface area contributed by atoms with Gasteiger partial charge < -0.3 is 15.0 Å². The number of halogens is 1. The van der Waals surface area contributed by atoms with E-state index < -0.39 is 0 Å². The number of fused-ring (bicyclic) bond motifs is 3. The maximum Gasteiger partial charge on any atom is 0.187 e. The molecule has 146 valence electrons. The fourth-order valence-corrected chi connectivity index (χ4v) is 5.41. The molecule has 1 fully saturated rings. The molecule has 1 aromatic carbocycles. The molecular formula is C21H24FN4OS+. The molecule has 0 saturated carbocycles. The molecule has 5 rings (SSSR count). The standard InChI is InChI=1S/C21H23FN4OS/c1-13-5-6-14(22)11-16(13)23-20-19-15-3-2-4-17(15)28-21(19)25-18(24-20)12-26-7-9-27-10-8-26/h5-6,11H,2-4,7-10,12H2,1H3,(H,23,24,25)/p+1. The molecule has 2 N–H and O–H groups in total. The second kappa shape index (κ2) is 7.39. The minimum Gasteiger partial charge on any atom is -0.370 e. The first-order valence-corrected chi connectivity index (χ1v) is 10.7. The molecule has 0 spiro atoms. The number of anilines is 2. The largest absolute Gasteiger partial charge is 0.370 e. The van der Waals surface area contributed by atoms with E-state index in [4.69, 9.17) is 14.7 Å². The number of ether oxygens (including phenoxy) is 1. The molecule has 7 heteroatoms. The predicted octanol–water partition coefficient (Wildman–Crippen LogP) is 2.79. The van der Waals surface area contributed by atoms with Gasteiger partial charge in [-0.1, -0.05) is 6.07 Å². The van der Waals surface area contributed by atoms with Gasteiger partial charge in [-0.05, 0) is 49.4 Å². The van der Waals surface area contributed by atoms with Crippen molar-refractivity contribution in [3.05, 3.63) is 45.8 Å². The van der Waals surface area contributed by atoms with E-state index in [-0.39, 0.29) is 5.82 Å². The summed E-state index contributed by atoms with van der Waals surface area (Å²) in [5.41, 5.74) is 3.14. The molecule has 2 aliphatic rings. The fraction of sp³-hybridized carbons (Fsp3) is 0.429. The molecule has 5 nitrogen and oxygen atoms in total. The lowest BCUT2D eigenvalue weighted by Gasteiger charge is -2.23. The van der Waals surface area contributed by atoms with Gasteiger partial charge in [0, 0.05) is 10.6 Å². The van der Waals surface area contributed by atoms with Crippen LogP contribution in [-0.2, 0) is 24.1 Å². The zero-order chi connectivity index (χ0) is 19.1. The molecule has 0 atom stereocenters. The Morgan fingerprint density at radius 3 is 2.93 bits per heavy atom. The molecule has 3 heterocycles. The maximum atomic E-state index is 13.8. The number of aryl methyl sites for hydroxylation is 3. The van der Waals surface area contributed by atoms with Crippen molar-refractivity contribution in [3.8, 4) is 0 Å². The van der Waals surface area contributed by atoms with Crippen LogP contribution in [0.3, 0.4) is 0 Å². The van der Waals surface area contributed by atoms with Gasteiger partial charge in [-0.15, -0.1) is 11.3 Å². The van der Waals surface area contributed by atoms with E-state index in [9.17, 15) is 4.39 Å². The Morgan fingerprint density at radius 2 is 2.07 bits per heavy atom. The number of aromatic nitrogens is 2. The second-order valence-electron chi connectivity index (χ2n) is 7.65. The molecule has 28 heavy (non-hydrogen) atoms. The molecule has 3 aromatic rings. The van der Waals surface area contributed by atoms with Crippen LogP contribution in [0.4, 0.5) is 15.9 Å². The van der Waals surface area contributed by atoms with Crippen molar-refractivity contribution in [1.29, 1.82) is 0 Å². The number of nitrogens with one attached hydrogen (secondary N) is 2. The van der Waals surface area contributed by atoms with Gasteiger partial charge >= 0.3 is 0 Å². The summed E-state index contributed by atoms with van der Waals surface area (Å²) in [6.07, 6.45) is 3.39. The number of hydrogen-bond acceptors (Lipinski definition) is 5. The molecular weight excluding hydrogens is 375 g/mol. The summed E-state index contributed by atoms with van der Waals surface area (Å²) in [4.78, 5) is 13.7. The molecule has 1 aliphatic carbocycles. The Labute approximate surface area is 167 Å². The summed E-state index contributed by atoms with van der Waals surface area (Å²) in [7, 11) is 0. The third-order valence-electron chi connectivity index (χ3n) is 5.67. The molecule has 1 aliphatic heterocycles. The molecule has 0 radical (unpaired) electrons. The van der Waals surface area contributed by atoms with E-state index >= 15 is 0 Å². The summed E-state index contributed by atoms with van der Waals surface area (Å²) in [6.45, 7) is 6.31. The predicted molar refractivity (Wildman–Crippen MR) is 109 cm³/mol. The van der Waals surface area contributed by atoms with Gasteiger partial charge in [0.2, 0.25) is 0 Å². The Hall–Kier alpha value is -2.09. The van der Waals surface area contributed by atoms with E-state index in [2.05, 4.69) is 5.32 Å². The Balaban J connectivity index is 1.57. The number of benzene rings is 1. The number of rotatable bonds is 4. The van der Waals surface area contributed by atoms with Crippen LogP contribution in [0.25, 0.3) is 10.2 Å². The smallest absolute Gasteiger partial charge is 0.187 e. The normalized spacial score (nSPS) is 17.2. The van der Waals surface area contributed by atoms with E-state index in [0.717, 1.165) is 78.8 Å². The number of quaternary nitrogens is 1. The van der Waals surface area contributed by atoms with E-state index in [1.165, 1.54) is 27.8 Å². The molecule has 0 bridgehead atoms. The Morgan fingerprint density at radius 1 is 1.21 bits per heavy atom. The van der Waals surface area contributed by atoms with Crippen molar-refractivity contribution in [2.24, 2.45) is 0 Å². The van der Waals surface area contributed by atoms with Crippen LogP contribution >= 0.6 is 11.3 Å². The lowest BCUT2D eigenvalue weighted by atomic mass is 10.1. The van der Waals surface area contributed by atoms with Crippen LogP contribution in [0.5, 0.6) is 0 Å². The van der Waals surface area contributed by atoms with Gasteiger partial charge in [-0.25, -0.2) is 14.4 Å². The SMILES string of the molecule is Cc1ccc(F)cc1Nc1nc(C[NH+]2CCOCC2)nc2sc3c(c12)CCC3. The van der Waals surface area contributed by atoms with Crippen LogP contribution in [0.15, 0.2) is 18.2 Å². The average molecular weight is 400 g/mol. The zero-order valence-corrected chi connectivity index (χ0v) is 16.8. The molecule has 2 aromatic heterocycles. The monoisotopic (exact) mass is 399 g/mol. The highest BCUT2D eigenvalue weighted by Crippen LogP contribution is 2.40. The van der Waals surface area contributed by atoms with E-state index in [1.807, 2.05) is 6.92 Å². The van der Waals surface area contributed by atoms with Crippen LogP contribution in [0.2, 0.25) is 0 Å². The Kier molecular flexibility index (Phi) is 4.74. The summed E-state index contributed by atoms with van der Waals surface area (Å²) < 4.78 is 19.3. The second-order valence-corrected chi connectivity index (χ2v) is 8.73. The minimum atomic E-state index is -0.244. The number of thiophene rings is 1. The zero-order valence-electron chi connectivity index (χ0n) is 16.0. The number of nitrogens with zero attached hydrogens (tertiary/aromatic N) is 2. The molecule has 0 unspecified atom stereocenters. The van der Waals surface area contributed by atoms with Crippen LogP contribution in [0.1, 0.15) is 28.2 Å². The maximum absolute atomic E-state index is 13.8.